The fourth-order valence-electron chi connectivity index (χ4n) is 2.32. The molecular weight excluding hydrogens is 346 g/mol. The molecule has 0 saturated heterocycles. The summed E-state index contributed by atoms with van der Waals surface area (Å²) >= 11 is 1.40. The Kier molecular flexibility index (Phi) is 6.02. The van der Waals surface area contributed by atoms with Gasteiger partial charge in [0.1, 0.15) is 6.54 Å². The normalized spacial score (nSPS) is 14.7. The highest BCUT2D eigenvalue weighted by atomic mass is 32.2. The summed E-state index contributed by atoms with van der Waals surface area (Å²) in [5.74, 6) is -1.91. The molecule has 0 aliphatic carbocycles. The number of anilines is 1. The zero-order valence-corrected chi connectivity index (χ0v) is 14.7. The number of thioether (sulfide) groups is 1. The number of urea groups is 1. The Hall–Kier alpha value is -2.55. The van der Waals surface area contributed by atoms with Gasteiger partial charge in [-0.2, -0.15) is 0 Å². The Morgan fingerprint density at radius 1 is 1.32 bits per heavy atom. The third kappa shape index (κ3) is 4.72. The van der Waals surface area contributed by atoms with Crippen LogP contribution < -0.4 is 16.0 Å². The van der Waals surface area contributed by atoms with E-state index in [0.29, 0.717) is 5.69 Å². The van der Waals surface area contributed by atoms with Gasteiger partial charge in [0.25, 0.3) is 5.91 Å². The van der Waals surface area contributed by atoms with Crippen LogP contribution >= 0.6 is 11.8 Å². The second-order valence-corrected chi connectivity index (χ2v) is 6.76. The summed E-state index contributed by atoms with van der Waals surface area (Å²) in [6, 6.07) is 6.20. The van der Waals surface area contributed by atoms with Gasteiger partial charge in [-0.15, -0.1) is 11.8 Å². The molecule has 0 saturated carbocycles. The Morgan fingerprint density at radius 3 is 2.64 bits per heavy atom. The molecule has 1 aromatic rings. The van der Waals surface area contributed by atoms with Gasteiger partial charge in [-0.3, -0.25) is 24.6 Å². The van der Waals surface area contributed by atoms with Gasteiger partial charge in [0.2, 0.25) is 5.91 Å². The topological polar surface area (TPSA) is 119 Å². The van der Waals surface area contributed by atoms with E-state index in [0.717, 1.165) is 4.90 Å². The summed E-state index contributed by atoms with van der Waals surface area (Å²) in [7, 11) is 0. The molecule has 0 bridgehead atoms. The van der Waals surface area contributed by atoms with E-state index in [-0.39, 0.29) is 24.1 Å². The van der Waals surface area contributed by atoms with Crippen molar-refractivity contribution in [1.82, 2.24) is 5.32 Å². The number of rotatable bonds is 5. The number of benzene rings is 1. The van der Waals surface area contributed by atoms with Crippen molar-refractivity contribution in [3.8, 4) is 0 Å². The van der Waals surface area contributed by atoms with Gasteiger partial charge < -0.3 is 10.5 Å². The highest BCUT2D eigenvalue weighted by molar-refractivity contribution is 8.00. The van der Waals surface area contributed by atoms with Gasteiger partial charge in [0, 0.05) is 4.90 Å². The van der Waals surface area contributed by atoms with Crippen molar-refractivity contribution >= 4 is 41.3 Å². The zero-order chi connectivity index (χ0) is 18.6. The largest absolute Gasteiger partial charge is 0.451 e. The molecule has 0 fully saturated rings. The van der Waals surface area contributed by atoms with Gasteiger partial charge in [0.15, 0.2) is 6.10 Å². The molecule has 0 spiro atoms. The van der Waals surface area contributed by atoms with Crippen LogP contribution in [0.4, 0.5) is 10.5 Å². The minimum Gasteiger partial charge on any atom is -0.451 e. The summed E-state index contributed by atoms with van der Waals surface area (Å²) in [5, 5.41) is 1.90. The van der Waals surface area contributed by atoms with Crippen molar-refractivity contribution in [3.63, 3.8) is 0 Å². The number of carbonyl (C=O) groups is 4. The lowest BCUT2D eigenvalue weighted by Crippen LogP contribution is -2.47. The summed E-state index contributed by atoms with van der Waals surface area (Å²) in [5.41, 5.74) is 5.54. The summed E-state index contributed by atoms with van der Waals surface area (Å²) in [6.07, 6.45) is -1.18. The average molecular weight is 365 g/mol. The molecule has 2 rings (SSSR count). The van der Waals surface area contributed by atoms with E-state index in [1.54, 1.807) is 26.0 Å². The van der Waals surface area contributed by atoms with Crippen molar-refractivity contribution in [2.75, 3.05) is 17.2 Å². The maximum Gasteiger partial charge on any atom is 0.326 e. The molecule has 1 atom stereocenters. The Bertz CT molecular complexity index is 707. The van der Waals surface area contributed by atoms with Gasteiger partial charge in [0.05, 0.1) is 11.4 Å². The van der Waals surface area contributed by atoms with Crippen LogP contribution in [0.25, 0.3) is 0 Å². The predicted molar refractivity (Wildman–Crippen MR) is 92.0 cm³/mol. The molecular formula is C16H19N3O5S. The number of para-hydroxylation sites is 1. The van der Waals surface area contributed by atoms with E-state index in [2.05, 4.69) is 0 Å². The van der Waals surface area contributed by atoms with Crippen molar-refractivity contribution in [3.05, 3.63) is 24.3 Å². The molecule has 3 N–H and O–H groups in total. The molecule has 1 heterocycles. The lowest BCUT2D eigenvalue weighted by molar-refractivity contribution is -0.157. The number of fused-ring (bicyclic) bond motifs is 1. The van der Waals surface area contributed by atoms with Crippen molar-refractivity contribution in [2.24, 2.45) is 11.7 Å². The number of esters is 1. The minimum absolute atomic E-state index is 0.219. The van der Waals surface area contributed by atoms with Crippen LogP contribution in [0.1, 0.15) is 13.8 Å². The van der Waals surface area contributed by atoms with Crippen LogP contribution in [0.2, 0.25) is 0 Å². The number of ether oxygens (including phenoxy) is 1. The molecule has 8 nitrogen and oxygen atoms in total. The van der Waals surface area contributed by atoms with E-state index in [4.69, 9.17) is 10.5 Å². The first-order valence-corrected chi connectivity index (χ1v) is 8.60. The molecule has 1 aliphatic heterocycles. The van der Waals surface area contributed by atoms with Gasteiger partial charge in [-0.1, -0.05) is 26.0 Å². The van der Waals surface area contributed by atoms with Crippen molar-refractivity contribution < 1.29 is 23.9 Å². The third-order valence-electron chi connectivity index (χ3n) is 3.46. The predicted octanol–water partition coefficient (Wildman–Crippen LogP) is 0.888. The summed E-state index contributed by atoms with van der Waals surface area (Å²) < 4.78 is 5.18. The molecule has 1 aliphatic rings. The Morgan fingerprint density at radius 2 is 2.00 bits per heavy atom. The minimum atomic E-state index is -1.18. The second kappa shape index (κ2) is 8.02. The number of hydrogen-bond donors (Lipinski definition) is 2. The third-order valence-corrected chi connectivity index (χ3v) is 4.51. The number of nitrogens with zero attached hydrogens (tertiary/aromatic N) is 1. The number of hydrogen-bond acceptors (Lipinski definition) is 6. The zero-order valence-electron chi connectivity index (χ0n) is 13.9. The first-order chi connectivity index (χ1) is 11.8. The highest BCUT2D eigenvalue weighted by Gasteiger charge is 2.31. The summed E-state index contributed by atoms with van der Waals surface area (Å²) in [6.45, 7) is 3.01. The monoisotopic (exact) mass is 365 g/mol. The van der Waals surface area contributed by atoms with Crippen LogP contribution in [0.3, 0.4) is 0 Å². The number of imide groups is 1. The van der Waals surface area contributed by atoms with E-state index in [1.807, 2.05) is 17.4 Å². The molecule has 4 amide bonds. The van der Waals surface area contributed by atoms with Gasteiger partial charge in [-0.05, 0) is 18.1 Å². The van der Waals surface area contributed by atoms with Crippen LogP contribution in [0.5, 0.6) is 0 Å². The maximum absolute atomic E-state index is 12.3. The van der Waals surface area contributed by atoms with Gasteiger partial charge >= 0.3 is 12.0 Å². The van der Waals surface area contributed by atoms with Crippen LogP contribution in [-0.2, 0) is 19.1 Å². The van der Waals surface area contributed by atoms with Crippen LogP contribution in [0, 0.1) is 5.92 Å². The number of nitrogens with two attached hydrogens (primary N) is 1. The fraction of sp³-hybridized carbons (Fsp3) is 0.375. The Balaban J connectivity index is 2.09. The number of amides is 4. The molecule has 0 aromatic heterocycles. The molecule has 134 valence electrons. The number of carbonyl (C=O) groups excluding carboxylic acids is 4. The molecule has 25 heavy (non-hydrogen) atoms. The van der Waals surface area contributed by atoms with E-state index < -0.39 is 24.0 Å². The first kappa shape index (κ1) is 18.8. The first-order valence-electron chi connectivity index (χ1n) is 7.61. The molecule has 1 aromatic carbocycles. The number of primary amides is 1. The van der Waals surface area contributed by atoms with Crippen molar-refractivity contribution in [2.45, 2.75) is 24.8 Å². The standard InChI is InChI=1S/C16H19N3O5S/c1-9(2)14(15(22)18-16(17)23)24-13(21)7-19-10-5-3-4-6-11(10)25-8-12(19)20/h3-6,9,14H,7-8H2,1-2H3,(H3,17,18,22,23)/t14-/m0/s1. The maximum atomic E-state index is 12.3. The van der Waals surface area contributed by atoms with Crippen LogP contribution in [-0.4, -0.2) is 42.2 Å². The Labute approximate surface area is 149 Å². The molecule has 0 unspecified atom stereocenters. The van der Waals surface area contributed by atoms with E-state index >= 15 is 0 Å². The second-order valence-electron chi connectivity index (χ2n) is 5.74. The van der Waals surface area contributed by atoms with E-state index in [1.165, 1.54) is 16.7 Å². The smallest absolute Gasteiger partial charge is 0.326 e. The molecule has 9 heteroatoms. The summed E-state index contributed by atoms with van der Waals surface area (Å²) in [4.78, 5) is 49.3. The van der Waals surface area contributed by atoms with Crippen LogP contribution in [0.15, 0.2) is 29.2 Å². The van der Waals surface area contributed by atoms with Gasteiger partial charge in [-0.25, -0.2) is 4.79 Å². The fourth-order valence-corrected chi connectivity index (χ4v) is 3.26. The van der Waals surface area contributed by atoms with Crippen molar-refractivity contribution in [1.29, 1.82) is 0 Å². The SMILES string of the molecule is CC(C)[C@H](OC(=O)CN1C(=O)CSc2ccccc21)C(=O)NC(N)=O. The van der Waals surface area contributed by atoms with E-state index in [9.17, 15) is 19.2 Å². The molecule has 0 radical (unpaired) electrons. The lowest BCUT2D eigenvalue weighted by Gasteiger charge is -2.29. The highest BCUT2D eigenvalue weighted by Crippen LogP contribution is 2.34. The lowest BCUT2D eigenvalue weighted by atomic mass is 10.1. The quantitative estimate of drug-likeness (QED) is 0.748. The number of nitrogens with one attached hydrogen (secondary N) is 1. The average Bonchev–Trinajstić information content (AvgIpc) is 2.54.